The molecule has 372 valence electrons. The van der Waals surface area contributed by atoms with Crippen molar-refractivity contribution < 1.29 is 29.6 Å². The summed E-state index contributed by atoms with van der Waals surface area (Å²) in [5, 5.41) is 35.3. The van der Waals surface area contributed by atoms with Gasteiger partial charge in [-0.15, -0.1) is 0 Å². The van der Waals surface area contributed by atoms with Crippen LogP contribution in [0, 0.1) is 63.1 Å². The minimum Gasteiger partial charge on any atom is -0.504 e. The molecule has 2 aromatic carbocycles. The van der Waals surface area contributed by atoms with E-state index in [2.05, 4.69) is 104 Å². The Hall–Kier alpha value is -2.81. The molecule has 8 saturated carbocycles. The average molecular weight is 931 g/mol. The van der Waals surface area contributed by atoms with Gasteiger partial charge in [-0.2, -0.15) is 0 Å². The van der Waals surface area contributed by atoms with Crippen molar-refractivity contribution in [3.8, 4) is 17.2 Å². The van der Waals surface area contributed by atoms with Crippen LogP contribution >= 0.6 is 0 Å². The van der Waals surface area contributed by atoms with Crippen LogP contribution < -0.4 is 9.47 Å². The number of fused-ring (bicyclic) bond motifs is 4. The highest BCUT2D eigenvalue weighted by atomic mass is 16.5. The molecule has 4 spiro atoms. The zero-order chi connectivity index (χ0) is 47.2. The lowest BCUT2D eigenvalue weighted by Crippen LogP contribution is -2.80. The molecule has 8 heteroatoms. The first-order valence-corrected chi connectivity index (χ1v) is 27.1. The predicted molar refractivity (Wildman–Crippen MR) is 267 cm³/mol. The average Bonchev–Trinajstić information content (AvgIpc) is 4.20. The van der Waals surface area contributed by atoms with Crippen LogP contribution in [0.15, 0.2) is 24.3 Å². The predicted octanol–water partition coefficient (Wildman–Crippen LogP) is 10.8. The van der Waals surface area contributed by atoms with Crippen molar-refractivity contribution in [1.82, 2.24) is 9.80 Å². The Morgan fingerprint density at radius 1 is 0.676 bits per heavy atom. The van der Waals surface area contributed by atoms with E-state index in [4.69, 9.17) is 9.47 Å². The molecule has 8 bridgehead atoms. The van der Waals surface area contributed by atoms with E-state index in [1.807, 2.05) is 6.07 Å². The molecule has 0 aromatic heterocycles. The number of aromatic hydroxyl groups is 1. The van der Waals surface area contributed by atoms with E-state index in [0.29, 0.717) is 17.7 Å². The minimum absolute atomic E-state index is 0. The topological polar surface area (TPSA) is 103 Å². The van der Waals surface area contributed by atoms with Crippen molar-refractivity contribution in [3.63, 3.8) is 0 Å². The van der Waals surface area contributed by atoms with Crippen LogP contribution in [0.1, 0.15) is 182 Å². The number of carbonyl (C=O) groups excluding carboxylic acids is 1. The Labute approximate surface area is 408 Å². The van der Waals surface area contributed by atoms with Gasteiger partial charge in [0.2, 0.25) is 5.91 Å². The van der Waals surface area contributed by atoms with E-state index < -0.39 is 11.2 Å². The number of phenolic OH excluding ortho intramolecular Hbond substituents is 1. The van der Waals surface area contributed by atoms with Crippen LogP contribution in [0.5, 0.6) is 17.2 Å². The van der Waals surface area contributed by atoms with Crippen molar-refractivity contribution >= 4 is 5.91 Å². The zero-order valence-electron chi connectivity index (χ0n) is 42.9. The number of hydrogen-bond acceptors (Lipinski definition) is 7. The molecule has 14 atom stereocenters. The summed E-state index contributed by atoms with van der Waals surface area (Å²) in [6.07, 6.45) is 15.8. The van der Waals surface area contributed by atoms with E-state index in [9.17, 15) is 20.1 Å². The summed E-state index contributed by atoms with van der Waals surface area (Å²) >= 11 is 0. The second-order valence-corrected chi connectivity index (χ2v) is 28.4. The van der Waals surface area contributed by atoms with Gasteiger partial charge in [-0.1, -0.05) is 81.0 Å². The Kier molecular flexibility index (Phi) is 9.27. The van der Waals surface area contributed by atoms with E-state index in [-0.39, 0.29) is 86.8 Å². The number of phenols is 1. The fraction of sp³-hybridized carbons (Fsp3) is 0.783. The number of hydrogen-bond donors (Lipinski definition) is 3. The van der Waals surface area contributed by atoms with Gasteiger partial charge in [0.05, 0.1) is 11.2 Å². The number of rotatable bonds is 5. The Bertz CT molecular complexity index is 2490. The second-order valence-electron chi connectivity index (χ2n) is 28.4. The maximum Gasteiger partial charge on any atom is 0.225 e. The lowest BCUT2D eigenvalue weighted by Gasteiger charge is -2.75. The molecule has 8 nitrogen and oxygen atoms in total. The van der Waals surface area contributed by atoms with Crippen LogP contribution in [0.25, 0.3) is 0 Å². The number of amides is 1. The fourth-order valence-electron chi connectivity index (χ4n) is 19.5. The molecule has 10 aliphatic carbocycles. The Morgan fingerprint density at radius 3 is 1.72 bits per heavy atom. The summed E-state index contributed by atoms with van der Waals surface area (Å²) in [5.41, 5.74) is 4.75. The third-order valence-corrected chi connectivity index (χ3v) is 24.1. The normalized spacial score (nSPS) is 43.4. The number of ether oxygens (including phenoxy) is 2. The molecular formula is C60H86N2O6. The number of benzene rings is 2. The van der Waals surface area contributed by atoms with Gasteiger partial charge in [0.15, 0.2) is 11.5 Å². The van der Waals surface area contributed by atoms with E-state index >= 15 is 0 Å². The molecule has 4 heterocycles. The first-order valence-electron chi connectivity index (χ1n) is 27.1. The van der Waals surface area contributed by atoms with Gasteiger partial charge in [-0.05, 0) is 169 Å². The minimum atomic E-state index is -0.816. The summed E-state index contributed by atoms with van der Waals surface area (Å²) in [7, 11) is 0. The van der Waals surface area contributed by atoms with Crippen LogP contribution in [0.3, 0.4) is 0 Å². The molecule has 2 aromatic rings. The summed E-state index contributed by atoms with van der Waals surface area (Å²) in [5.74, 6) is 4.08. The third-order valence-electron chi connectivity index (χ3n) is 24.1. The summed E-state index contributed by atoms with van der Waals surface area (Å²) in [6, 6.07) is 9.37. The second kappa shape index (κ2) is 13.6. The Balaban J connectivity index is 0.000000139. The van der Waals surface area contributed by atoms with Crippen molar-refractivity contribution in [2.45, 2.75) is 220 Å². The first kappa shape index (κ1) is 46.3. The number of nitrogens with zero attached hydrogens (tertiary/aromatic N) is 2. The molecular weight excluding hydrogens is 845 g/mol. The highest BCUT2D eigenvalue weighted by Gasteiger charge is 2.83. The van der Waals surface area contributed by atoms with E-state index in [1.165, 1.54) is 53.6 Å². The van der Waals surface area contributed by atoms with Gasteiger partial charge in [0.25, 0.3) is 0 Å². The van der Waals surface area contributed by atoms with E-state index in [1.54, 1.807) is 0 Å². The molecule has 3 N–H and O–H groups in total. The lowest BCUT2D eigenvalue weighted by molar-refractivity contribution is -0.276. The molecule has 0 unspecified atom stereocenters. The van der Waals surface area contributed by atoms with Crippen molar-refractivity contribution in [3.05, 3.63) is 52.1 Å². The number of aryl methyl sites for hydroxylation is 1. The molecule has 14 aliphatic rings. The summed E-state index contributed by atoms with van der Waals surface area (Å²) < 4.78 is 14.0. The quantitative estimate of drug-likeness (QED) is 0.274. The Morgan fingerprint density at radius 2 is 1.18 bits per heavy atom. The third kappa shape index (κ3) is 5.18. The molecule has 1 amide bonds. The summed E-state index contributed by atoms with van der Waals surface area (Å²) in [6.45, 7) is 27.6. The molecule has 0 radical (unpaired) electrons. The van der Waals surface area contributed by atoms with Crippen LogP contribution in [0.4, 0.5) is 0 Å². The smallest absolute Gasteiger partial charge is 0.225 e. The zero-order valence-corrected chi connectivity index (χ0v) is 42.9. The monoisotopic (exact) mass is 931 g/mol. The molecule has 2 saturated heterocycles. The maximum absolute atomic E-state index is 13.6. The largest absolute Gasteiger partial charge is 0.504 e. The standard InChI is InChI=1S/C30H41NO3.C29H41NO3.CH4/c1-17-7-8-19-15-21-29-12-11-27(5,20(16-29)28(6,33)26(2,3)4)25-30(29,22(19)23(17)34-25)13-14-31(21)24(32)18-9-10-18;1-25(2,3)27(5,32)20-15-28-11-10-26(20,4)24-29(28)12-13-30(16-17-6-7-17)21(28)14-18-8-9-19(31)23(33-24)22(18)29;/h7-8,18,20-21,25,33H,9-16H2,1-6H3;8-9,17,20-21,24,31-32H,6-7,10-16H2,1-5H3;1H4/t20-,21+,25-,27-,28-,29+,30-;20-,21+,24-,26-,27-,28+,29-;/m00./s1. The van der Waals surface area contributed by atoms with Gasteiger partial charge in [0, 0.05) is 74.7 Å². The van der Waals surface area contributed by atoms with Gasteiger partial charge >= 0.3 is 0 Å². The number of aliphatic hydroxyl groups is 2. The molecule has 10 fully saturated rings. The van der Waals surface area contributed by atoms with Crippen LogP contribution in [-0.2, 0) is 28.5 Å². The first-order chi connectivity index (χ1) is 31.3. The van der Waals surface area contributed by atoms with Gasteiger partial charge in [-0.3, -0.25) is 9.69 Å². The van der Waals surface area contributed by atoms with Crippen molar-refractivity contribution in [2.75, 3.05) is 19.6 Å². The molecule has 16 rings (SSSR count). The van der Waals surface area contributed by atoms with E-state index in [0.717, 1.165) is 101 Å². The fourth-order valence-corrected chi connectivity index (χ4v) is 19.5. The number of piperidine rings is 2. The SMILES string of the molecule is C.CC(C)(C)[C@@](C)(O)[C@H]1C[C@@]23CC[C@]1(C)[C@@H]1Oc4c(O)ccc5c4[C@@]12CCN(CC1CC1)[C@@H]3C5.Cc1ccc2c3c1O[C@H]1[C@@]4(C)CC[C@@]5(C[C@@H]4[C@](C)(O)C(C)(C)C)[C@@H](C2)N(C(=O)C2CC2)CC[C@]315. The van der Waals surface area contributed by atoms with Gasteiger partial charge < -0.3 is 29.7 Å². The van der Waals surface area contributed by atoms with Gasteiger partial charge in [0.1, 0.15) is 18.0 Å². The van der Waals surface area contributed by atoms with Crippen molar-refractivity contribution in [2.24, 2.45) is 56.2 Å². The maximum atomic E-state index is 13.6. The highest BCUT2D eigenvalue weighted by Crippen LogP contribution is 2.81. The van der Waals surface area contributed by atoms with Gasteiger partial charge in [-0.25, -0.2) is 0 Å². The molecule has 68 heavy (non-hydrogen) atoms. The summed E-state index contributed by atoms with van der Waals surface area (Å²) in [4.78, 5) is 18.8. The molecule has 4 aliphatic heterocycles. The van der Waals surface area contributed by atoms with Crippen LogP contribution in [0.2, 0.25) is 0 Å². The highest BCUT2D eigenvalue weighted by molar-refractivity contribution is 5.82. The van der Waals surface area contributed by atoms with Crippen LogP contribution in [-0.4, -0.2) is 86.2 Å². The lowest BCUT2D eigenvalue weighted by atomic mass is 9.31. The number of carbonyl (C=O) groups is 1. The van der Waals surface area contributed by atoms with Crippen molar-refractivity contribution in [1.29, 1.82) is 0 Å². The number of likely N-dealkylation sites (tertiary alicyclic amines) is 2.